The van der Waals surface area contributed by atoms with Crippen LogP contribution >= 0.6 is 0 Å². The fraction of sp³-hybridized carbons (Fsp3) is 0.333. The van der Waals surface area contributed by atoms with E-state index in [9.17, 15) is 0 Å². The summed E-state index contributed by atoms with van der Waals surface area (Å²) in [6, 6.07) is 8.11. The number of rotatable bonds is 3. The Balaban J connectivity index is 2.09. The van der Waals surface area contributed by atoms with E-state index in [1.54, 1.807) is 7.05 Å². The van der Waals surface area contributed by atoms with E-state index in [-0.39, 0.29) is 0 Å². The lowest BCUT2D eigenvalue weighted by Gasteiger charge is -2.04. The van der Waals surface area contributed by atoms with Gasteiger partial charge in [-0.1, -0.05) is 19.1 Å². The second-order valence-electron chi connectivity index (χ2n) is 4.15. The quantitative estimate of drug-likeness (QED) is 0.691. The van der Waals surface area contributed by atoms with Gasteiger partial charge < -0.3 is 4.57 Å². The predicted molar refractivity (Wildman–Crippen MR) is 67.0 cm³/mol. The summed E-state index contributed by atoms with van der Waals surface area (Å²) in [5, 5.41) is 12.1. The van der Waals surface area contributed by atoms with Crippen molar-refractivity contribution in [2.24, 2.45) is 7.05 Å². The van der Waals surface area contributed by atoms with Crippen molar-refractivity contribution < 1.29 is 0 Å². The SMILES string of the molecule is CCc1nc2ccccc2n1Cc1nnn(C)n1. The maximum atomic E-state index is 4.61. The van der Waals surface area contributed by atoms with Gasteiger partial charge in [-0.05, 0) is 17.3 Å². The zero-order valence-corrected chi connectivity index (χ0v) is 10.4. The molecule has 0 saturated carbocycles. The van der Waals surface area contributed by atoms with Gasteiger partial charge in [-0.15, -0.1) is 10.2 Å². The number of fused-ring (bicyclic) bond motifs is 1. The molecule has 0 aliphatic rings. The van der Waals surface area contributed by atoms with Gasteiger partial charge in [-0.25, -0.2) is 4.98 Å². The van der Waals surface area contributed by atoms with Crippen molar-refractivity contribution in [1.29, 1.82) is 0 Å². The van der Waals surface area contributed by atoms with Gasteiger partial charge in [-0.2, -0.15) is 4.80 Å². The molecule has 0 aliphatic carbocycles. The van der Waals surface area contributed by atoms with Crippen molar-refractivity contribution in [1.82, 2.24) is 29.8 Å². The van der Waals surface area contributed by atoms with Crippen LogP contribution in [0.15, 0.2) is 24.3 Å². The topological polar surface area (TPSA) is 61.4 Å². The fourth-order valence-corrected chi connectivity index (χ4v) is 2.10. The summed E-state index contributed by atoms with van der Waals surface area (Å²) in [4.78, 5) is 6.09. The second-order valence-corrected chi connectivity index (χ2v) is 4.15. The van der Waals surface area contributed by atoms with Crippen molar-refractivity contribution in [2.45, 2.75) is 19.9 Å². The van der Waals surface area contributed by atoms with Gasteiger partial charge in [0.05, 0.1) is 24.6 Å². The fourth-order valence-electron chi connectivity index (χ4n) is 2.10. The van der Waals surface area contributed by atoms with Crippen LogP contribution < -0.4 is 0 Å². The van der Waals surface area contributed by atoms with Gasteiger partial charge in [-0.3, -0.25) is 0 Å². The maximum absolute atomic E-state index is 4.61. The largest absolute Gasteiger partial charge is 0.320 e. The third-order valence-electron chi connectivity index (χ3n) is 2.90. The van der Waals surface area contributed by atoms with Crippen LogP contribution in [0.1, 0.15) is 18.6 Å². The van der Waals surface area contributed by atoms with Gasteiger partial charge in [0, 0.05) is 6.42 Å². The van der Waals surface area contributed by atoms with Crippen LogP contribution in [0.3, 0.4) is 0 Å². The van der Waals surface area contributed by atoms with Crippen molar-refractivity contribution in [3.05, 3.63) is 35.9 Å². The highest BCUT2D eigenvalue weighted by atomic mass is 15.6. The molecule has 2 aromatic heterocycles. The minimum Gasteiger partial charge on any atom is -0.320 e. The number of hydrogen-bond acceptors (Lipinski definition) is 4. The number of para-hydroxylation sites is 2. The van der Waals surface area contributed by atoms with E-state index in [0.717, 1.165) is 23.3 Å². The van der Waals surface area contributed by atoms with Gasteiger partial charge in [0.15, 0.2) is 5.82 Å². The van der Waals surface area contributed by atoms with Crippen LogP contribution in [0.2, 0.25) is 0 Å². The Labute approximate surface area is 104 Å². The van der Waals surface area contributed by atoms with E-state index >= 15 is 0 Å². The number of tetrazole rings is 1. The van der Waals surface area contributed by atoms with Crippen LogP contribution in [0.4, 0.5) is 0 Å². The molecule has 0 radical (unpaired) electrons. The molecule has 0 spiro atoms. The molecule has 2 heterocycles. The molecule has 0 bridgehead atoms. The van der Waals surface area contributed by atoms with E-state index in [1.165, 1.54) is 4.80 Å². The third kappa shape index (κ3) is 1.75. The Morgan fingerprint density at radius 2 is 2.06 bits per heavy atom. The van der Waals surface area contributed by atoms with Gasteiger partial charge in [0.2, 0.25) is 0 Å². The lowest BCUT2D eigenvalue weighted by molar-refractivity contribution is 0.624. The van der Waals surface area contributed by atoms with E-state index in [2.05, 4.69) is 38.0 Å². The normalized spacial score (nSPS) is 11.2. The minimum atomic E-state index is 0.609. The maximum Gasteiger partial charge on any atom is 0.194 e. The van der Waals surface area contributed by atoms with E-state index < -0.39 is 0 Å². The molecule has 0 unspecified atom stereocenters. The Hall–Kier alpha value is -2.24. The standard InChI is InChI=1S/C12H14N6/c1-3-12-13-9-6-4-5-7-10(9)18(12)8-11-14-16-17(2)15-11/h4-7H,3,8H2,1-2H3. The highest BCUT2D eigenvalue weighted by Gasteiger charge is 2.11. The first-order valence-electron chi connectivity index (χ1n) is 5.95. The molecule has 6 nitrogen and oxygen atoms in total. The van der Waals surface area contributed by atoms with Crippen LogP contribution in [0.25, 0.3) is 11.0 Å². The van der Waals surface area contributed by atoms with Gasteiger partial charge in [0.1, 0.15) is 5.82 Å². The minimum absolute atomic E-state index is 0.609. The van der Waals surface area contributed by atoms with Crippen molar-refractivity contribution in [3.63, 3.8) is 0 Å². The molecule has 0 atom stereocenters. The molecular formula is C12H14N6. The van der Waals surface area contributed by atoms with Crippen LogP contribution in [-0.2, 0) is 20.0 Å². The molecule has 0 fully saturated rings. The summed E-state index contributed by atoms with van der Waals surface area (Å²) in [5.74, 6) is 1.75. The molecule has 0 aliphatic heterocycles. The number of hydrogen-bond donors (Lipinski definition) is 0. The lowest BCUT2D eigenvalue weighted by atomic mass is 10.3. The number of imidazole rings is 1. The first-order valence-corrected chi connectivity index (χ1v) is 5.95. The summed E-state index contributed by atoms with van der Waals surface area (Å²) in [6.45, 7) is 2.71. The molecule has 3 aromatic rings. The molecule has 0 saturated heterocycles. The summed E-state index contributed by atoms with van der Waals surface area (Å²) in [7, 11) is 1.77. The first kappa shape index (κ1) is 10.9. The average Bonchev–Trinajstić information content (AvgIpc) is 2.94. The Kier molecular flexibility index (Phi) is 2.55. The zero-order chi connectivity index (χ0) is 12.5. The van der Waals surface area contributed by atoms with Crippen LogP contribution in [0, 0.1) is 0 Å². The molecule has 3 rings (SSSR count). The summed E-state index contributed by atoms with van der Waals surface area (Å²) >= 11 is 0. The Bertz CT molecular complexity index is 681. The lowest BCUT2D eigenvalue weighted by Crippen LogP contribution is -2.06. The van der Waals surface area contributed by atoms with Crippen LogP contribution in [0.5, 0.6) is 0 Å². The third-order valence-corrected chi connectivity index (χ3v) is 2.90. The first-order chi connectivity index (χ1) is 8.78. The number of aryl methyl sites for hydroxylation is 2. The smallest absolute Gasteiger partial charge is 0.194 e. The van der Waals surface area contributed by atoms with Crippen molar-refractivity contribution >= 4 is 11.0 Å². The number of aromatic nitrogens is 6. The molecule has 6 heteroatoms. The molecule has 18 heavy (non-hydrogen) atoms. The highest BCUT2D eigenvalue weighted by molar-refractivity contribution is 5.75. The van der Waals surface area contributed by atoms with E-state index in [4.69, 9.17) is 0 Å². The summed E-state index contributed by atoms with van der Waals surface area (Å²) in [6.07, 6.45) is 0.884. The Morgan fingerprint density at radius 3 is 2.78 bits per heavy atom. The van der Waals surface area contributed by atoms with E-state index in [0.29, 0.717) is 12.4 Å². The average molecular weight is 242 g/mol. The summed E-state index contributed by atoms with van der Waals surface area (Å²) < 4.78 is 2.15. The van der Waals surface area contributed by atoms with Gasteiger partial charge >= 0.3 is 0 Å². The predicted octanol–water partition coefficient (Wildman–Crippen LogP) is 1.17. The zero-order valence-electron chi connectivity index (χ0n) is 10.4. The summed E-state index contributed by atoms with van der Waals surface area (Å²) in [5.41, 5.74) is 2.13. The molecule has 1 aromatic carbocycles. The van der Waals surface area contributed by atoms with Crippen molar-refractivity contribution in [2.75, 3.05) is 0 Å². The highest BCUT2D eigenvalue weighted by Crippen LogP contribution is 2.17. The van der Waals surface area contributed by atoms with Gasteiger partial charge in [0.25, 0.3) is 0 Å². The number of nitrogens with zero attached hydrogens (tertiary/aromatic N) is 6. The molecular weight excluding hydrogens is 228 g/mol. The van der Waals surface area contributed by atoms with Crippen molar-refractivity contribution in [3.8, 4) is 0 Å². The Morgan fingerprint density at radius 1 is 1.22 bits per heavy atom. The monoisotopic (exact) mass is 242 g/mol. The van der Waals surface area contributed by atoms with Crippen LogP contribution in [-0.4, -0.2) is 29.8 Å². The number of benzene rings is 1. The molecule has 0 amide bonds. The second kappa shape index (κ2) is 4.21. The molecule has 92 valence electrons. The van der Waals surface area contributed by atoms with E-state index in [1.807, 2.05) is 18.2 Å². The molecule has 0 N–H and O–H groups in total.